The van der Waals surface area contributed by atoms with E-state index in [1.54, 1.807) is 11.9 Å². The number of likely N-dealkylation sites (N-methyl/N-ethyl adjacent to an activating group) is 1. The van der Waals surface area contributed by atoms with E-state index >= 15 is 0 Å². The van der Waals surface area contributed by atoms with E-state index in [0.717, 1.165) is 39.3 Å². The highest BCUT2D eigenvalue weighted by Crippen LogP contribution is 2.38. The molecular formula is C19H15N3O4S. The molecule has 7 nitrogen and oxygen atoms in total. The summed E-state index contributed by atoms with van der Waals surface area (Å²) in [6, 6.07) is 11.4. The molecule has 0 saturated heterocycles. The van der Waals surface area contributed by atoms with Crippen LogP contribution in [0.3, 0.4) is 0 Å². The van der Waals surface area contributed by atoms with Gasteiger partial charge in [0.2, 0.25) is 6.79 Å². The van der Waals surface area contributed by atoms with E-state index in [0.29, 0.717) is 5.75 Å². The molecule has 2 aromatic carbocycles. The zero-order valence-electron chi connectivity index (χ0n) is 14.4. The molecule has 0 spiro atoms. The first kappa shape index (κ1) is 16.0. The maximum atomic E-state index is 11.9. The van der Waals surface area contributed by atoms with Gasteiger partial charge in [-0.3, -0.25) is 4.79 Å². The normalized spacial score (nSPS) is 14.7. The van der Waals surface area contributed by atoms with Crippen molar-refractivity contribution in [2.24, 2.45) is 0 Å². The predicted molar refractivity (Wildman–Crippen MR) is 102 cm³/mol. The van der Waals surface area contributed by atoms with Crippen LogP contribution >= 0.6 is 11.3 Å². The third-order valence-corrected chi connectivity index (χ3v) is 5.23. The molecule has 0 aliphatic carbocycles. The summed E-state index contributed by atoms with van der Waals surface area (Å²) in [5, 5.41) is 6.03. The van der Waals surface area contributed by atoms with Crippen molar-refractivity contribution in [2.45, 2.75) is 0 Å². The molecule has 3 heterocycles. The van der Waals surface area contributed by atoms with Gasteiger partial charge in [0.25, 0.3) is 5.91 Å². The first-order chi connectivity index (χ1) is 13.2. The average molecular weight is 381 g/mol. The van der Waals surface area contributed by atoms with Crippen molar-refractivity contribution in [3.63, 3.8) is 0 Å². The number of aromatic nitrogens is 1. The Morgan fingerprint density at radius 2 is 1.93 bits per heavy atom. The number of carbonyl (C=O) groups is 1. The number of carbonyl (C=O) groups excluding carboxylic acids is 1. The summed E-state index contributed by atoms with van der Waals surface area (Å²) in [4.78, 5) is 18.1. The Labute approximate surface area is 159 Å². The topological polar surface area (TPSA) is 72.9 Å². The van der Waals surface area contributed by atoms with E-state index in [4.69, 9.17) is 14.2 Å². The fourth-order valence-corrected chi connectivity index (χ4v) is 3.73. The standard InChI is InChI=1S/C19H15N3O4S/c1-22-14-6-11(2-4-15(14)24-8-18(22)23)13-9-27-19(21-13)20-12-3-5-16-17(7-12)26-10-25-16/h2-7,9H,8,10H2,1H3,(H,20,21). The summed E-state index contributed by atoms with van der Waals surface area (Å²) in [5.41, 5.74) is 3.39. The van der Waals surface area contributed by atoms with Crippen LogP contribution in [0.2, 0.25) is 0 Å². The van der Waals surface area contributed by atoms with Gasteiger partial charge >= 0.3 is 0 Å². The number of hydrogen-bond donors (Lipinski definition) is 1. The maximum absolute atomic E-state index is 11.9. The fourth-order valence-electron chi connectivity index (χ4n) is 2.99. The highest BCUT2D eigenvalue weighted by Gasteiger charge is 2.23. The van der Waals surface area contributed by atoms with Gasteiger partial charge in [-0.05, 0) is 30.3 Å². The summed E-state index contributed by atoms with van der Waals surface area (Å²) >= 11 is 1.51. The second-order valence-electron chi connectivity index (χ2n) is 6.15. The lowest BCUT2D eigenvalue weighted by Crippen LogP contribution is -2.35. The molecule has 1 amide bonds. The second kappa shape index (κ2) is 6.17. The number of nitrogens with one attached hydrogen (secondary N) is 1. The number of amides is 1. The Morgan fingerprint density at radius 3 is 2.85 bits per heavy atom. The highest BCUT2D eigenvalue weighted by atomic mass is 32.1. The quantitative estimate of drug-likeness (QED) is 0.747. The van der Waals surface area contributed by atoms with Crippen molar-refractivity contribution < 1.29 is 19.0 Å². The Balaban J connectivity index is 1.40. The first-order valence-corrected chi connectivity index (χ1v) is 9.21. The van der Waals surface area contributed by atoms with Gasteiger partial charge < -0.3 is 24.4 Å². The maximum Gasteiger partial charge on any atom is 0.264 e. The van der Waals surface area contributed by atoms with Crippen molar-refractivity contribution in [1.29, 1.82) is 0 Å². The SMILES string of the molecule is CN1C(=O)COc2ccc(-c3csc(Nc4ccc5c(c4)OCO5)n3)cc21. The summed E-state index contributed by atoms with van der Waals surface area (Å²) in [6.07, 6.45) is 0. The van der Waals surface area contributed by atoms with Gasteiger partial charge in [-0.1, -0.05) is 0 Å². The molecule has 8 heteroatoms. The molecule has 0 atom stereocenters. The molecule has 0 saturated carbocycles. The van der Waals surface area contributed by atoms with Crippen molar-refractivity contribution in [3.8, 4) is 28.5 Å². The number of anilines is 3. The number of ether oxygens (including phenoxy) is 3. The smallest absolute Gasteiger partial charge is 0.264 e. The third-order valence-electron chi connectivity index (χ3n) is 4.47. The van der Waals surface area contributed by atoms with E-state index in [2.05, 4.69) is 10.3 Å². The van der Waals surface area contributed by atoms with Crippen LogP contribution in [0.1, 0.15) is 0 Å². The Hall–Kier alpha value is -3.26. The zero-order valence-corrected chi connectivity index (χ0v) is 15.2. The molecule has 1 N–H and O–H groups in total. The van der Waals surface area contributed by atoms with Gasteiger partial charge in [0.1, 0.15) is 5.75 Å². The minimum atomic E-state index is -0.0666. The molecule has 2 aliphatic heterocycles. The molecule has 0 radical (unpaired) electrons. The third kappa shape index (κ3) is 2.83. The van der Waals surface area contributed by atoms with Crippen molar-refractivity contribution in [1.82, 2.24) is 4.98 Å². The van der Waals surface area contributed by atoms with E-state index in [1.165, 1.54) is 11.3 Å². The summed E-state index contributed by atoms with van der Waals surface area (Å²) in [7, 11) is 1.75. The minimum absolute atomic E-state index is 0.0666. The molecule has 0 fully saturated rings. The van der Waals surface area contributed by atoms with Crippen LogP contribution < -0.4 is 24.4 Å². The number of rotatable bonds is 3. The summed E-state index contributed by atoms with van der Waals surface area (Å²) in [5.74, 6) is 2.10. The van der Waals surface area contributed by atoms with Crippen molar-refractivity contribution in [2.75, 3.05) is 30.7 Å². The van der Waals surface area contributed by atoms with Gasteiger partial charge in [0.05, 0.1) is 11.4 Å². The summed E-state index contributed by atoms with van der Waals surface area (Å²) in [6.45, 7) is 0.322. The molecule has 3 aromatic rings. The van der Waals surface area contributed by atoms with Gasteiger partial charge in [-0.15, -0.1) is 11.3 Å². The van der Waals surface area contributed by atoms with E-state index in [1.807, 2.05) is 41.8 Å². The average Bonchev–Trinajstić information content (AvgIpc) is 3.34. The lowest BCUT2D eigenvalue weighted by Gasteiger charge is -2.26. The number of fused-ring (bicyclic) bond motifs is 2. The molecule has 0 unspecified atom stereocenters. The first-order valence-electron chi connectivity index (χ1n) is 8.33. The van der Waals surface area contributed by atoms with E-state index in [-0.39, 0.29) is 19.3 Å². The zero-order chi connectivity index (χ0) is 18.4. The van der Waals surface area contributed by atoms with Crippen LogP contribution in [0.5, 0.6) is 17.2 Å². The molecule has 1 aromatic heterocycles. The van der Waals surface area contributed by atoms with Gasteiger partial charge in [0.15, 0.2) is 23.2 Å². The Bertz CT molecular complexity index is 1050. The largest absolute Gasteiger partial charge is 0.482 e. The molecule has 136 valence electrons. The Morgan fingerprint density at radius 1 is 1.07 bits per heavy atom. The second-order valence-corrected chi connectivity index (χ2v) is 7.01. The minimum Gasteiger partial charge on any atom is -0.482 e. The van der Waals surface area contributed by atoms with Crippen LogP contribution in [-0.4, -0.2) is 31.3 Å². The van der Waals surface area contributed by atoms with Gasteiger partial charge in [-0.2, -0.15) is 0 Å². The Kier molecular flexibility index (Phi) is 3.64. The van der Waals surface area contributed by atoms with Crippen molar-refractivity contribution in [3.05, 3.63) is 41.8 Å². The molecule has 2 aliphatic rings. The van der Waals surface area contributed by atoms with Crippen molar-refractivity contribution >= 4 is 33.8 Å². The molecular weight excluding hydrogens is 366 g/mol. The van der Waals surface area contributed by atoms with Crippen LogP contribution in [0.15, 0.2) is 41.8 Å². The molecule has 0 bridgehead atoms. The number of benzene rings is 2. The van der Waals surface area contributed by atoms with Crippen LogP contribution in [-0.2, 0) is 4.79 Å². The van der Waals surface area contributed by atoms with E-state index < -0.39 is 0 Å². The fraction of sp³-hybridized carbons (Fsp3) is 0.158. The predicted octanol–water partition coefficient (Wildman–Crippen LogP) is 3.64. The molecule has 27 heavy (non-hydrogen) atoms. The van der Waals surface area contributed by atoms with E-state index in [9.17, 15) is 4.79 Å². The lowest BCUT2D eigenvalue weighted by molar-refractivity contribution is -0.120. The van der Waals surface area contributed by atoms with Gasteiger partial charge in [0, 0.05) is 29.7 Å². The molecule has 5 rings (SSSR count). The van der Waals surface area contributed by atoms with Gasteiger partial charge in [-0.25, -0.2) is 4.98 Å². The lowest BCUT2D eigenvalue weighted by atomic mass is 10.1. The monoisotopic (exact) mass is 381 g/mol. The van der Waals surface area contributed by atoms with Crippen LogP contribution in [0.25, 0.3) is 11.3 Å². The number of hydrogen-bond acceptors (Lipinski definition) is 7. The number of nitrogens with zero attached hydrogens (tertiary/aromatic N) is 2. The van der Waals surface area contributed by atoms with Crippen LogP contribution in [0, 0.1) is 0 Å². The number of thiazole rings is 1. The van der Waals surface area contributed by atoms with Crippen LogP contribution in [0.4, 0.5) is 16.5 Å². The highest BCUT2D eigenvalue weighted by molar-refractivity contribution is 7.14. The summed E-state index contributed by atoms with van der Waals surface area (Å²) < 4.78 is 16.2.